The molecule has 2 aromatic carbocycles. The fraction of sp³-hybridized carbons (Fsp3) is 0.0714. The van der Waals surface area contributed by atoms with Gasteiger partial charge in [-0.15, -0.1) is 0 Å². The Kier molecular flexibility index (Phi) is 3.10. The van der Waals surface area contributed by atoms with E-state index in [1.165, 1.54) is 0 Å². The molecule has 0 heterocycles. The zero-order valence-corrected chi connectivity index (χ0v) is 9.31. The van der Waals surface area contributed by atoms with Gasteiger partial charge in [-0.3, -0.25) is 0 Å². The molecular weight excluding hydrogens is 214 g/mol. The smallest absolute Gasteiger partial charge is 0.332 e. The first-order valence-electron chi connectivity index (χ1n) is 5.31. The molecule has 2 N–H and O–H groups in total. The standard InChI is InChI=1S/C14H13NO2/c1-10(14(16)17)9-15-13-8-4-6-11-5-2-3-7-12(11)13/h2-8,15H,1,9H2,(H,16,17). The van der Waals surface area contributed by atoms with Crippen molar-refractivity contribution in [1.82, 2.24) is 0 Å². The van der Waals surface area contributed by atoms with E-state index in [9.17, 15) is 4.79 Å². The van der Waals surface area contributed by atoms with E-state index in [1.54, 1.807) is 0 Å². The Bertz CT molecular complexity index is 570. The van der Waals surface area contributed by atoms with Crippen LogP contribution in [0.2, 0.25) is 0 Å². The zero-order chi connectivity index (χ0) is 12.3. The number of hydrogen-bond acceptors (Lipinski definition) is 2. The number of hydrogen-bond donors (Lipinski definition) is 2. The summed E-state index contributed by atoms with van der Waals surface area (Å²) in [5, 5.41) is 14.0. The molecule has 0 radical (unpaired) electrons. The Labute approximate surface area is 99.4 Å². The first kappa shape index (κ1) is 11.2. The third-order valence-electron chi connectivity index (χ3n) is 2.58. The van der Waals surface area contributed by atoms with Crippen LogP contribution in [-0.2, 0) is 4.79 Å². The second kappa shape index (κ2) is 4.70. The summed E-state index contributed by atoms with van der Waals surface area (Å²) < 4.78 is 0. The van der Waals surface area contributed by atoms with Crippen molar-refractivity contribution in [2.75, 3.05) is 11.9 Å². The van der Waals surface area contributed by atoms with E-state index in [0.29, 0.717) is 0 Å². The molecule has 0 aromatic heterocycles. The van der Waals surface area contributed by atoms with Crippen LogP contribution in [0.3, 0.4) is 0 Å². The van der Waals surface area contributed by atoms with E-state index < -0.39 is 5.97 Å². The summed E-state index contributed by atoms with van der Waals surface area (Å²) in [6.07, 6.45) is 0. The van der Waals surface area contributed by atoms with E-state index in [1.807, 2.05) is 42.5 Å². The lowest BCUT2D eigenvalue weighted by atomic mass is 10.1. The molecule has 17 heavy (non-hydrogen) atoms. The fourth-order valence-corrected chi connectivity index (χ4v) is 1.66. The monoisotopic (exact) mass is 227 g/mol. The van der Waals surface area contributed by atoms with Gasteiger partial charge in [0.15, 0.2) is 0 Å². The molecule has 0 aliphatic carbocycles. The van der Waals surface area contributed by atoms with Crippen LogP contribution >= 0.6 is 0 Å². The molecule has 0 atom stereocenters. The first-order valence-corrected chi connectivity index (χ1v) is 5.31. The number of carboxylic acid groups (broad SMARTS) is 1. The van der Waals surface area contributed by atoms with Crippen molar-refractivity contribution in [2.45, 2.75) is 0 Å². The first-order chi connectivity index (χ1) is 8.18. The molecule has 2 aromatic rings. The van der Waals surface area contributed by atoms with Gasteiger partial charge >= 0.3 is 5.97 Å². The molecular formula is C14H13NO2. The topological polar surface area (TPSA) is 49.3 Å². The molecule has 0 unspecified atom stereocenters. The van der Waals surface area contributed by atoms with Crippen LogP contribution in [0.5, 0.6) is 0 Å². The average Bonchev–Trinajstić information content (AvgIpc) is 2.35. The molecule has 0 saturated heterocycles. The van der Waals surface area contributed by atoms with E-state index in [4.69, 9.17) is 5.11 Å². The molecule has 0 spiro atoms. The highest BCUT2D eigenvalue weighted by molar-refractivity contribution is 5.94. The van der Waals surface area contributed by atoms with Crippen LogP contribution in [0, 0.1) is 0 Å². The minimum atomic E-state index is -0.974. The predicted molar refractivity (Wildman–Crippen MR) is 69.2 cm³/mol. The normalized spacial score (nSPS) is 10.1. The number of aliphatic carboxylic acids is 1. The Morgan fingerprint density at radius 3 is 2.65 bits per heavy atom. The molecule has 3 heteroatoms. The summed E-state index contributed by atoms with van der Waals surface area (Å²) >= 11 is 0. The maximum absolute atomic E-state index is 10.6. The Morgan fingerprint density at radius 2 is 1.88 bits per heavy atom. The van der Waals surface area contributed by atoms with Crippen molar-refractivity contribution < 1.29 is 9.90 Å². The highest BCUT2D eigenvalue weighted by Gasteiger charge is 2.04. The van der Waals surface area contributed by atoms with Gasteiger partial charge in [0, 0.05) is 23.2 Å². The van der Waals surface area contributed by atoms with Gasteiger partial charge in [-0.05, 0) is 11.5 Å². The van der Waals surface area contributed by atoms with Gasteiger partial charge in [0.05, 0.1) is 0 Å². The lowest BCUT2D eigenvalue weighted by Crippen LogP contribution is -2.11. The van der Waals surface area contributed by atoms with Crippen molar-refractivity contribution in [3.8, 4) is 0 Å². The second-order valence-corrected chi connectivity index (χ2v) is 3.79. The van der Waals surface area contributed by atoms with Crippen molar-refractivity contribution in [3.63, 3.8) is 0 Å². The molecule has 0 amide bonds. The summed E-state index contributed by atoms with van der Waals surface area (Å²) in [7, 11) is 0. The van der Waals surface area contributed by atoms with Gasteiger partial charge in [-0.1, -0.05) is 43.0 Å². The summed E-state index contributed by atoms with van der Waals surface area (Å²) in [5.41, 5.74) is 1.07. The van der Waals surface area contributed by atoms with Crippen molar-refractivity contribution in [2.24, 2.45) is 0 Å². The summed E-state index contributed by atoms with van der Waals surface area (Å²) in [6.45, 7) is 3.73. The zero-order valence-electron chi connectivity index (χ0n) is 9.31. The minimum Gasteiger partial charge on any atom is -0.478 e. The number of nitrogens with one attached hydrogen (secondary N) is 1. The molecule has 0 saturated carbocycles. The average molecular weight is 227 g/mol. The highest BCUT2D eigenvalue weighted by atomic mass is 16.4. The van der Waals surface area contributed by atoms with Crippen molar-refractivity contribution in [3.05, 3.63) is 54.6 Å². The third kappa shape index (κ3) is 2.45. The molecule has 0 aliphatic rings. The van der Waals surface area contributed by atoms with Crippen molar-refractivity contribution in [1.29, 1.82) is 0 Å². The summed E-state index contributed by atoms with van der Waals surface area (Å²) in [6, 6.07) is 13.8. The van der Waals surface area contributed by atoms with Gasteiger partial charge < -0.3 is 10.4 Å². The Morgan fingerprint density at radius 1 is 1.18 bits per heavy atom. The molecule has 0 bridgehead atoms. The van der Waals surface area contributed by atoms with Crippen molar-refractivity contribution >= 4 is 22.4 Å². The summed E-state index contributed by atoms with van der Waals surface area (Å²) in [4.78, 5) is 10.6. The van der Waals surface area contributed by atoms with Gasteiger partial charge in [-0.2, -0.15) is 0 Å². The molecule has 0 fully saturated rings. The number of anilines is 1. The van der Waals surface area contributed by atoms with E-state index in [0.717, 1.165) is 16.5 Å². The molecule has 3 nitrogen and oxygen atoms in total. The predicted octanol–water partition coefficient (Wildman–Crippen LogP) is 2.89. The maximum atomic E-state index is 10.6. The Hall–Kier alpha value is -2.29. The van der Waals surface area contributed by atoms with Crippen LogP contribution in [0.4, 0.5) is 5.69 Å². The van der Waals surface area contributed by atoms with E-state index in [-0.39, 0.29) is 12.1 Å². The number of benzene rings is 2. The lowest BCUT2D eigenvalue weighted by molar-refractivity contribution is -0.132. The SMILES string of the molecule is C=C(CNc1cccc2ccccc12)C(=O)O. The summed E-state index contributed by atoms with van der Waals surface area (Å²) in [5.74, 6) is -0.974. The van der Waals surface area contributed by atoms with Gasteiger partial charge in [0.1, 0.15) is 0 Å². The minimum absolute atomic E-state index is 0.151. The van der Waals surface area contributed by atoms with Crippen LogP contribution in [-0.4, -0.2) is 17.6 Å². The largest absolute Gasteiger partial charge is 0.478 e. The van der Waals surface area contributed by atoms with Gasteiger partial charge in [-0.25, -0.2) is 4.79 Å². The van der Waals surface area contributed by atoms with E-state index >= 15 is 0 Å². The number of fused-ring (bicyclic) bond motifs is 1. The second-order valence-electron chi connectivity index (χ2n) is 3.79. The molecule has 86 valence electrons. The quantitative estimate of drug-likeness (QED) is 0.789. The highest BCUT2D eigenvalue weighted by Crippen LogP contribution is 2.22. The van der Waals surface area contributed by atoms with Gasteiger partial charge in [0.25, 0.3) is 0 Å². The molecule has 2 rings (SSSR count). The number of rotatable bonds is 4. The van der Waals surface area contributed by atoms with Crippen LogP contribution in [0.1, 0.15) is 0 Å². The van der Waals surface area contributed by atoms with Crippen LogP contribution < -0.4 is 5.32 Å². The van der Waals surface area contributed by atoms with Crippen LogP contribution in [0.25, 0.3) is 10.8 Å². The van der Waals surface area contributed by atoms with Crippen LogP contribution in [0.15, 0.2) is 54.6 Å². The third-order valence-corrected chi connectivity index (χ3v) is 2.58. The Balaban J connectivity index is 2.24. The fourth-order valence-electron chi connectivity index (χ4n) is 1.66. The van der Waals surface area contributed by atoms with E-state index in [2.05, 4.69) is 11.9 Å². The number of carbonyl (C=O) groups is 1. The lowest BCUT2D eigenvalue weighted by Gasteiger charge is -2.09. The maximum Gasteiger partial charge on any atom is 0.332 e. The van der Waals surface area contributed by atoms with Gasteiger partial charge in [0.2, 0.25) is 0 Å². The number of carboxylic acids is 1. The molecule has 0 aliphatic heterocycles.